The minimum atomic E-state index is 0.753. The molecule has 0 radical (unpaired) electrons. The summed E-state index contributed by atoms with van der Waals surface area (Å²) in [5.74, 6) is 6.24. The zero-order valence-electron chi connectivity index (χ0n) is 8.35. The summed E-state index contributed by atoms with van der Waals surface area (Å²) in [7, 11) is 0. The normalized spacial score (nSPS) is 9.07. The molecule has 0 atom stereocenters. The van der Waals surface area contributed by atoms with Crippen LogP contribution in [-0.2, 0) is 6.42 Å². The van der Waals surface area contributed by atoms with Crippen LogP contribution < -0.4 is 0 Å². The lowest BCUT2D eigenvalue weighted by atomic mass is 10.2. The first-order valence-corrected chi connectivity index (χ1v) is 4.88. The van der Waals surface area contributed by atoms with E-state index in [9.17, 15) is 0 Å². The van der Waals surface area contributed by atoms with Gasteiger partial charge in [-0.05, 0) is 23.8 Å². The summed E-state index contributed by atoms with van der Waals surface area (Å²) in [5.41, 5.74) is 2.21. The minimum Gasteiger partial charge on any atom is -0.264 e. The highest BCUT2D eigenvalue weighted by molar-refractivity contribution is 5.34. The number of hydrogen-bond acceptors (Lipinski definition) is 1. The second-order valence-corrected chi connectivity index (χ2v) is 3.21. The second kappa shape index (κ2) is 4.97. The van der Waals surface area contributed by atoms with Crippen molar-refractivity contribution in [1.29, 1.82) is 0 Å². The molecule has 1 aromatic heterocycles. The Balaban J connectivity index is 2.03. The zero-order valence-corrected chi connectivity index (χ0v) is 8.35. The minimum absolute atomic E-state index is 0.753. The van der Waals surface area contributed by atoms with Crippen molar-refractivity contribution < 1.29 is 0 Å². The molecule has 0 saturated carbocycles. The zero-order chi connectivity index (χ0) is 10.3. The van der Waals surface area contributed by atoms with Crippen molar-refractivity contribution in [2.75, 3.05) is 0 Å². The van der Waals surface area contributed by atoms with E-state index < -0.39 is 0 Å². The molecule has 1 heteroatoms. The maximum absolute atomic E-state index is 4.04. The van der Waals surface area contributed by atoms with Crippen molar-refractivity contribution in [2.24, 2.45) is 0 Å². The number of hydrogen-bond donors (Lipinski definition) is 0. The topological polar surface area (TPSA) is 12.9 Å². The highest BCUT2D eigenvalue weighted by Gasteiger charge is 1.86. The van der Waals surface area contributed by atoms with Gasteiger partial charge in [0.1, 0.15) is 0 Å². The van der Waals surface area contributed by atoms with Crippen LogP contribution in [-0.4, -0.2) is 4.98 Å². The van der Waals surface area contributed by atoms with E-state index >= 15 is 0 Å². The first-order chi connectivity index (χ1) is 7.45. The van der Waals surface area contributed by atoms with E-state index in [-0.39, 0.29) is 0 Å². The van der Waals surface area contributed by atoms with Gasteiger partial charge in [-0.25, -0.2) is 0 Å². The Morgan fingerprint density at radius 2 is 1.87 bits per heavy atom. The van der Waals surface area contributed by atoms with E-state index in [4.69, 9.17) is 0 Å². The molecule has 0 fully saturated rings. The Labute approximate surface area is 89.8 Å². The lowest BCUT2D eigenvalue weighted by Crippen LogP contribution is -1.81. The van der Waals surface area contributed by atoms with Gasteiger partial charge in [0.05, 0.1) is 0 Å². The average Bonchev–Trinajstić information content (AvgIpc) is 2.32. The van der Waals surface area contributed by atoms with Crippen LogP contribution >= 0.6 is 0 Å². The van der Waals surface area contributed by atoms with Gasteiger partial charge in [0, 0.05) is 24.4 Å². The molecule has 0 spiro atoms. The summed E-state index contributed by atoms with van der Waals surface area (Å²) in [4.78, 5) is 4.04. The first kappa shape index (κ1) is 9.48. The molecule has 1 nitrogen and oxygen atoms in total. The van der Waals surface area contributed by atoms with E-state index in [0.717, 1.165) is 17.5 Å². The summed E-state index contributed by atoms with van der Waals surface area (Å²) in [6.45, 7) is 0. The van der Waals surface area contributed by atoms with Crippen LogP contribution in [0, 0.1) is 11.8 Å². The highest BCUT2D eigenvalue weighted by atomic mass is 14.6. The van der Waals surface area contributed by atoms with E-state index in [1.807, 2.05) is 48.7 Å². The summed E-state index contributed by atoms with van der Waals surface area (Å²) in [6, 6.07) is 14.0. The lowest BCUT2D eigenvalue weighted by molar-refractivity contribution is 1.21. The largest absolute Gasteiger partial charge is 0.264 e. The second-order valence-electron chi connectivity index (χ2n) is 3.21. The van der Waals surface area contributed by atoms with E-state index in [2.05, 4.69) is 16.8 Å². The molecule has 1 aromatic carbocycles. The molecule has 2 aromatic rings. The SMILES string of the molecule is C(#Cc1ccccc1)Cc1cccnc1. The third kappa shape index (κ3) is 2.96. The van der Waals surface area contributed by atoms with Crippen molar-refractivity contribution in [3.05, 3.63) is 66.0 Å². The number of benzene rings is 1. The van der Waals surface area contributed by atoms with Gasteiger partial charge < -0.3 is 0 Å². The van der Waals surface area contributed by atoms with Crippen LogP contribution in [0.1, 0.15) is 11.1 Å². The van der Waals surface area contributed by atoms with Gasteiger partial charge in [-0.15, -0.1) is 0 Å². The maximum atomic E-state index is 4.04. The predicted octanol–water partition coefficient (Wildman–Crippen LogP) is 2.68. The van der Waals surface area contributed by atoms with Crippen LogP contribution in [0.15, 0.2) is 54.9 Å². The molecule has 0 unspecified atom stereocenters. The van der Waals surface area contributed by atoms with Gasteiger partial charge in [0.2, 0.25) is 0 Å². The molecule has 0 aliphatic heterocycles. The van der Waals surface area contributed by atoms with E-state index in [1.165, 1.54) is 0 Å². The molecule has 0 aliphatic rings. The summed E-state index contributed by atoms with van der Waals surface area (Å²) in [6.07, 6.45) is 4.37. The van der Waals surface area contributed by atoms with Crippen molar-refractivity contribution in [3.8, 4) is 11.8 Å². The number of nitrogens with zero attached hydrogens (tertiary/aromatic N) is 1. The van der Waals surface area contributed by atoms with E-state index in [1.54, 1.807) is 6.20 Å². The van der Waals surface area contributed by atoms with Gasteiger partial charge in [0.25, 0.3) is 0 Å². The molecule has 2 rings (SSSR count). The fraction of sp³-hybridized carbons (Fsp3) is 0.0714. The molecule has 0 bridgehead atoms. The molecule has 0 N–H and O–H groups in total. The molecular weight excluding hydrogens is 182 g/mol. The van der Waals surface area contributed by atoms with Gasteiger partial charge >= 0.3 is 0 Å². The standard InChI is InChI=1S/C14H11N/c1-2-6-13(7-3-1)8-4-9-14-10-5-11-15-12-14/h1-3,5-7,10-12H,9H2. The van der Waals surface area contributed by atoms with Crippen LogP contribution in [0.2, 0.25) is 0 Å². The Morgan fingerprint density at radius 1 is 1.00 bits per heavy atom. The van der Waals surface area contributed by atoms with Crippen LogP contribution in [0.25, 0.3) is 0 Å². The molecule has 72 valence electrons. The van der Waals surface area contributed by atoms with Crippen molar-refractivity contribution in [3.63, 3.8) is 0 Å². The van der Waals surface area contributed by atoms with Crippen LogP contribution in [0.3, 0.4) is 0 Å². The van der Waals surface area contributed by atoms with Gasteiger partial charge in [-0.3, -0.25) is 4.98 Å². The Kier molecular flexibility index (Phi) is 3.14. The number of rotatable bonds is 1. The molecule has 1 heterocycles. The van der Waals surface area contributed by atoms with Gasteiger partial charge in [0.15, 0.2) is 0 Å². The van der Waals surface area contributed by atoms with Crippen molar-refractivity contribution in [2.45, 2.75) is 6.42 Å². The summed E-state index contributed by atoms with van der Waals surface area (Å²) in [5, 5.41) is 0. The van der Waals surface area contributed by atoms with Gasteiger partial charge in [-0.2, -0.15) is 0 Å². The number of pyridine rings is 1. The maximum Gasteiger partial charge on any atom is 0.0359 e. The smallest absolute Gasteiger partial charge is 0.0359 e. The molecule has 15 heavy (non-hydrogen) atoms. The summed E-state index contributed by atoms with van der Waals surface area (Å²) < 4.78 is 0. The molecule has 0 saturated heterocycles. The van der Waals surface area contributed by atoms with Crippen molar-refractivity contribution >= 4 is 0 Å². The monoisotopic (exact) mass is 193 g/mol. The van der Waals surface area contributed by atoms with E-state index in [0.29, 0.717) is 0 Å². The first-order valence-electron chi connectivity index (χ1n) is 4.88. The lowest BCUT2D eigenvalue weighted by Gasteiger charge is -1.91. The van der Waals surface area contributed by atoms with Crippen molar-refractivity contribution in [1.82, 2.24) is 4.98 Å². The fourth-order valence-electron chi connectivity index (χ4n) is 1.27. The Hall–Kier alpha value is -2.07. The third-order valence-corrected chi connectivity index (χ3v) is 2.02. The van der Waals surface area contributed by atoms with Crippen LogP contribution in [0.4, 0.5) is 0 Å². The summed E-state index contributed by atoms with van der Waals surface area (Å²) >= 11 is 0. The molecule has 0 aliphatic carbocycles. The quantitative estimate of drug-likeness (QED) is 0.634. The number of aromatic nitrogens is 1. The van der Waals surface area contributed by atoms with Crippen LogP contribution in [0.5, 0.6) is 0 Å². The third-order valence-electron chi connectivity index (χ3n) is 2.02. The average molecular weight is 193 g/mol. The highest BCUT2D eigenvalue weighted by Crippen LogP contribution is 1.97. The Morgan fingerprint density at radius 3 is 2.60 bits per heavy atom. The fourth-order valence-corrected chi connectivity index (χ4v) is 1.27. The predicted molar refractivity (Wildman–Crippen MR) is 61.3 cm³/mol. The van der Waals surface area contributed by atoms with Gasteiger partial charge in [-0.1, -0.05) is 36.1 Å². The molecule has 0 amide bonds. The molecular formula is C14H11N. The Bertz CT molecular complexity index is 463.